The van der Waals surface area contributed by atoms with Gasteiger partial charge in [0, 0.05) is 16.9 Å². The van der Waals surface area contributed by atoms with Crippen LogP contribution in [-0.2, 0) is 0 Å². The fourth-order valence-electron chi connectivity index (χ4n) is 2.45. The molecule has 3 rings (SSSR count). The van der Waals surface area contributed by atoms with Crippen LogP contribution >= 0.6 is 11.6 Å². The van der Waals surface area contributed by atoms with Crippen LogP contribution in [0, 0.1) is 13.5 Å². The van der Waals surface area contributed by atoms with Crippen molar-refractivity contribution in [2.45, 2.75) is 6.92 Å². The topological polar surface area (TPSA) is 92.3 Å². The minimum Gasteiger partial charge on any atom is -0.478 e. The first-order chi connectivity index (χ1) is 11.9. The fraction of sp³-hybridized carbons (Fsp3) is 0.0588. The van der Waals surface area contributed by atoms with E-state index in [1.165, 1.54) is 23.0 Å². The molecular weight excluding hydrogens is 344 g/mol. The van der Waals surface area contributed by atoms with Crippen molar-refractivity contribution in [3.8, 4) is 16.9 Å². The zero-order valence-electron chi connectivity index (χ0n) is 12.9. The number of aromatic carboxylic acids is 1. The quantitative estimate of drug-likeness (QED) is 0.705. The maximum atomic E-state index is 12.8. The number of rotatable bonds is 3. The lowest BCUT2D eigenvalue weighted by molar-refractivity contribution is 0.0696. The molecule has 0 radical (unpaired) electrons. The number of carbonyl (C=O) groups is 1. The molecule has 0 saturated heterocycles. The van der Waals surface area contributed by atoms with Gasteiger partial charge < -0.3 is 5.11 Å². The molecule has 2 N–H and O–H groups in total. The van der Waals surface area contributed by atoms with E-state index in [-0.39, 0.29) is 22.6 Å². The normalized spacial score (nSPS) is 10.4. The molecular formula is C17H11ClN4O3. The Morgan fingerprint density at radius 3 is 2.72 bits per heavy atom. The molecule has 0 saturated carbocycles. The van der Waals surface area contributed by atoms with Gasteiger partial charge in [-0.25, -0.2) is 19.3 Å². The lowest BCUT2D eigenvalue weighted by Gasteiger charge is -2.01. The van der Waals surface area contributed by atoms with Gasteiger partial charge in [0.2, 0.25) is 5.69 Å². The van der Waals surface area contributed by atoms with Crippen molar-refractivity contribution in [2.75, 3.05) is 0 Å². The number of hydrogen-bond donors (Lipinski definition) is 2. The molecule has 0 atom stereocenters. The number of aromatic nitrogens is 3. The zero-order valence-corrected chi connectivity index (χ0v) is 13.7. The van der Waals surface area contributed by atoms with Crippen molar-refractivity contribution in [3.63, 3.8) is 0 Å². The Balaban J connectivity index is 2.12. The highest BCUT2D eigenvalue weighted by molar-refractivity contribution is 6.33. The van der Waals surface area contributed by atoms with Gasteiger partial charge in [0.25, 0.3) is 5.56 Å². The molecule has 1 aromatic carbocycles. The molecule has 7 nitrogen and oxygen atoms in total. The van der Waals surface area contributed by atoms with Crippen LogP contribution < -0.4 is 5.56 Å². The third kappa shape index (κ3) is 2.91. The van der Waals surface area contributed by atoms with Crippen LogP contribution in [0.3, 0.4) is 0 Å². The van der Waals surface area contributed by atoms with E-state index in [0.29, 0.717) is 21.8 Å². The van der Waals surface area contributed by atoms with Crippen molar-refractivity contribution in [1.82, 2.24) is 14.8 Å². The summed E-state index contributed by atoms with van der Waals surface area (Å²) in [4.78, 5) is 31.0. The Labute approximate surface area is 146 Å². The third-order valence-electron chi connectivity index (χ3n) is 3.65. The van der Waals surface area contributed by atoms with E-state index < -0.39 is 5.97 Å². The van der Waals surface area contributed by atoms with Gasteiger partial charge in [0.15, 0.2) is 5.82 Å². The van der Waals surface area contributed by atoms with Gasteiger partial charge >= 0.3 is 5.97 Å². The summed E-state index contributed by atoms with van der Waals surface area (Å²) in [5.41, 5.74) is 1.48. The molecule has 25 heavy (non-hydrogen) atoms. The molecule has 2 aromatic heterocycles. The SMILES string of the molecule is [C-]#[N+]c1cc(-c2c(C)[nH]n(-c3ccc(C(=O)O)cn3)c2=O)ccc1Cl. The Morgan fingerprint density at radius 1 is 1.36 bits per heavy atom. The lowest BCUT2D eigenvalue weighted by atomic mass is 10.1. The molecule has 0 fully saturated rings. The summed E-state index contributed by atoms with van der Waals surface area (Å²) >= 11 is 5.94. The molecule has 124 valence electrons. The second-order valence-electron chi connectivity index (χ2n) is 5.24. The predicted octanol–water partition coefficient (Wildman–Crippen LogP) is 3.44. The van der Waals surface area contributed by atoms with Crippen LogP contribution in [0.1, 0.15) is 16.1 Å². The van der Waals surface area contributed by atoms with E-state index in [0.717, 1.165) is 0 Å². The van der Waals surface area contributed by atoms with Gasteiger partial charge in [-0.15, -0.1) is 0 Å². The van der Waals surface area contributed by atoms with Crippen LogP contribution in [0.5, 0.6) is 0 Å². The number of halogens is 1. The van der Waals surface area contributed by atoms with Crippen molar-refractivity contribution < 1.29 is 9.90 Å². The number of nitrogens with zero attached hydrogens (tertiary/aromatic N) is 3. The summed E-state index contributed by atoms with van der Waals surface area (Å²) in [7, 11) is 0. The molecule has 0 bridgehead atoms. The van der Waals surface area contributed by atoms with E-state index in [4.69, 9.17) is 23.3 Å². The number of carboxylic acid groups (broad SMARTS) is 1. The highest BCUT2D eigenvalue weighted by atomic mass is 35.5. The van der Waals surface area contributed by atoms with Crippen LogP contribution in [0.4, 0.5) is 5.69 Å². The maximum Gasteiger partial charge on any atom is 0.337 e. The van der Waals surface area contributed by atoms with Gasteiger partial charge in [-0.3, -0.25) is 9.89 Å². The highest BCUT2D eigenvalue weighted by Crippen LogP contribution is 2.30. The molecule has 0 amide bonds. The average Bonchev–Trinajstić information content (AvgIpc) is 2.90. The number of hydrogen-bond acceptors (Lipinski definition) is 3. The first-order valence-electron chi connectivity index (χ1n) is 7.11. The number of benzene rings is 1. The number of aromatic amines is 1. The number of nitrogens with one attached hydrogen (secondary N) is 1. The highest BCUT2D eigenvalue weighted by Gasteiger charge is 2.16. The van der Waals surface area contributed by atoms with E-state index in [9.17, 15) is 9.59 Å². The van der Waals surface area contributed by atoms with Gasteiger partial charge in [0.05, 0.1) is 17.7 Å². The van der Waals surface area contributed by atoms with E-state index >= 15 is 0 Å². The number of carboxylic acids is 1. The molecule has 0 aliphatic carbocycles. The van der Waals surface area contributed by atoms with Crippen molar-refractivity contribution >= 4 is 23.3 Å². The number of pyridine rings is 1. The van der Waals surface area contributed by atoms with Crippen molar-refractivity contribution in [3.05, 3.63) is 74.6 Å². The van der Waals surface area contributed by atoms with Crippen LogP contribution in [0.15, 0.2) is 41.3 Å². The Bertz CT molecular complexity index is 1070. The summed E-state index contributed by atoms with van der Waals surface area (Å²) in [5, 5.41) is 12.1. The standard InChI is InChI=1S/C17H11ClN4O3/c1-9-15(10-3-5-12(18)13(7-10)19-2)16(23)22(21-9)14-6-4-11(8-20-14)17(24)25/h3-8,21H,1H3,(H,24,25). The van der Waals surface area contributed by atoms with E-state index in [1.54, 1.807) is 25.1 Å². The van der Waals surface area contributed by atoms with E-state index in [2.05, 4.69) is 14.9 Å². The van der Waals surface area contributed by atoms with Gasteiger partial charge in [-0.1, -0.05) is 23.7 Å². The van der Waals surface area contributed by atoms with Gasteiger partial charge in [0.1, 0.15) is 0 Å². The van der Waals surface area contributed by atoms with Gasteiger partial charge in [-0.05, 0) is 30.7 Å². The second-order valence-corrected chi connectivity index (χ2v) is 5.65. The monoisotopic (exact) mass is 354 g/mol. The molecule has 0 spiro atoms. The molecule has 0 unspecified atom stereocenters. The van der Waals surface area contributed by atoms with E-state index in [1.807, 2.05) is 0 Å². The Morgan fingerprint density at radius 2 is 2.12 bits per heavy atom. The Hall–Kier alpha value is -3.37. The van der Waals surface area contributed by atoms with Crippen LogP contribution in [0.2, 0.25) is 5.02 Å². The summed E-state index contributed by atoms with van der Waals surface area (Å²) in [6.45, 7) is 8.86. The number of H-pyrrole nitrogens is 1. The fourth-order valence-corrected chi connectivity index (χ4v) is 2.61. The third-order valence-corrected chi connectivity index (χ3v) is 3.97. The summed E-state index contributed by atoms with van der Waals surface area (Å²) in [6, 6.07) is 7.60. The summed E-state index contributed by atoms with van der Waals surface area (Å²) in [5.74, 6) is -0.827. The summed E-state index contributed by atoms with van der Waals surface area (Å²) in [6.07, 6.45) is 1.18. The Kier molecular flexibility index (Phi) is 4.13. The van der Waals surface area contributed by atoms with Gasteiger partial charge in [-0.2, -0.15) is 0 Å². The molecule has 0 aliphatic heterocycles. The number of aryl methyl sites for hydroxylation is 1. The molecule has 3 aromatic rings. The minimum atomic E-state index is -1.09. The lowest BCUT2D eigenvalue weighted by Crippen LogP contribution is -2.17. The minimum absolute atomic E-state index is 0.0275. The average molecular weight is 355 g/mol. The maximum absolute atomic E-state index is 12.8. The largest absolute Gasteiger partial charge is 0.478 e. The van der Waals surface area contributed by atoms with Crippen LogP contribution in [0.25, 0.3) is 21.8 Å². The first kappa shape index (κ1) is 16.5. The van der Waals surface area contributed by atoms with Crippen LogP contribution in [-0.4, -0.2) is 25.8 Å². The second kappa shape index (κ2) is 6.26. The predicted molar refractivity (Wildman–Crippen MR) is 92.6 cm³/mol. The summed E-state index contributed by atoms with van der Waals surface area (Å²) < 4.78 is 1.22. The molecule has 0 aliphatic rings. The molecule has 8 heteroatoms. The molecule has 2 heterocycles. The zero-order chi connectivity index (χ0) is 18.1. The van der Waals surface area contributed by atoms with Crippen molar-refractivity contribution in [1.29, 1.82) is 0 Å². The van der Waals surface area contributed by atoms with Crippen molar-refractivity contribution in [2.24, 2.45) is 0 Å². The smallest absolute Gasteiger partial charge is 0.337 e. The first-order valence-corrected chi connectivity index (χ1v) is 7.49.